The van der Waals surface area contributed by atoms with E-state index in [0.29, 0.717) is 16.8 Å². The van der Waals surface area contributed by atoms with Gasteiger partial charge in [-0.25, -0.2) is 4.79 Å². The number of nitrogens with one attached hydrogen (secondary N) is 1. The largest absolute Gasteiger partial charge is 0.452 e. The highest BCUT2D eigenvalue weighted by Gasteiger charge is 2.08. The van der Waals surface area contributed by atoms with Crippen molar-refractivity contribution in [3.05, 3.63) is 75.8 Å². The van der Waals surface area contributed by atoms with Gasteiger partial charge in [0.1, 0.15) is 0 Å². The number of ether oxygens (including phenoxy) is 1. The lowest BCUT2D eigenvalue weighted by molar-refractivity contribution is -0.384. The fraction of sp³-hybridized carbons (Fsp3) is 0.105. The maximum absolute atomic E-state index is 11.8. The van der Waals surface area contributed by atoms with E-state index in [4.69, 9.17) is 4.74 Å². The average molecular weight is 368 g/mol. The smallest absolute Gasteiger partial charge is 0.331 e. The number of carbonyl (C=O) groups excluding carboxylic acids is 3. The van der Waals surface area contributed by atoms with Crippen molar-refractivity contribution in [2.45, 2.75) is 6.92 Å². The minimum Gasteiger partial charge on any atom is -0.452 e. The van der Waals surface area contributed by atoms with E-state index in [2.05, 4.69) is 5.32 Å². The number of nitro groups is 1. The number of benzene rings is 2. The van der Waals surface area contributed by atoms with Crippen molar-refractivity contribution in [2.24, 2.45) is 0 Å². The Balaban J connectivity index is 1.84. The summed E-state index contributed by atoms with van der Waals surface area (Å²) in [7, 11) is 0. The summed E-state index contributed by atoms with van der Waals surface area (Å²) in [5.41, 5.74) is 1.39. The second-order valence-corrected chi connectivity index (χ2v) is 5.47. The molecule has 0 aliphatic rings. The normalized spacial score (nSPS) is 10.4. The van der Waals surface area contributed by atoms with Crippen LogP contribution in [0.1, 0.15) is 22.8 Å². The Morgan fingerprint density at radius 1 is 1.15 bits per heavy atom. The molecule has 0 aliphatic heterocycles. The van der Waals surface area contributed by atoms with Gasteiger partial charge in [-0.3, -0.25) is 19.7 Å². The van der Waals surface area contributed by atoms with Crippen molar-refractivity contribution in [1.29, 1.82) is 0 Å². The van der Waals surface area contributed by atoms with Gasteiger partial charge in [-0.05, 0) is 42.8 Å². The molecule has 27 heavy (non-hydrogen) atoms. The maximum Gasteiger partial charge on any atom is 0.331 e. The Morgan fingerprint density at radius 2 is 1.85 bits per heavy atom. The van der Waals surface area contributed by atoms with E-state index in [9.17, 15) is 24.5 Å². The number of Topliss-reactive ketones (excluding diaryl/α,β-unsaturated/α-hetero) is 1. The van der Waals surface area contributed by atoms with Gasteiger partial charge in [0, 0.05) is 29.5 Å². The molecular weight excluding hydrogens is 352 g/mol. The van der Waals surface area contributed by atoms with Crippen molar-refractivity contribution >= 4 is 35.1 Å². The van der Waals surface area contributed by atoms with Gasteiger partial charge in [-0.1, -0.05) is 12.1 Å². The van der Waals surface area contributed by atoms with E-state index in [1.54, 1.807) is 18.2 Å². The summed E-state index contributed by atoms with van der Waals surface area (Å²) >= 11 is 0. The third-order valence-electron chi connectivity index (χ3n) is 3.41. The Labute approximate surface area is 154 Å². The number of non-ortho nitro benzene ring substituents is 1. The Kier molecular flexibility index (Phi) is 6.54. The molecule has 2 aromatic carbocycles. The van der Waals surface area contributed by atoms with E-state index in [1.165, 1.54) is 43.3 Å². The molecule has 0 saturated heterocycles. The third kappa shape index (κ3) is 6.20. The van der Waals surface area contributed by atoms with Crippen LogP contribution in [0.25, 0.3) is 6.08 Å². The minimum atomic E-state index is -0.735. The first-order valence-electron chi connectivity index (χ1n) is 7.85. The molecule has 0 aliphatic carbocycles. The minimum absolute atomic E-state index is 0.0553. The topological polar surface area (TPSA) is 116 Å². The number of anilines is 1. The molecule has 8 nitrogen and oxygen atoms in total. The van der Waals surface area contributed by atoms with Crippen molar-refractivity contribution in [2.75, 3.05) is 11.9 Å². The molecule has 0 radical (unpaired) electrons. The van der Waals surface area contributed by atoms with Crippen LogP contribution in [0.5, 0.6) is 0 Å². The second kappa shape index (κ2) is 9.04. The number of rotatable bonds is 7. The fourth-order valence-electron chi connectivity index (χ4n) is 2.07. The second-order valence-electron chi connectivity index (χ2n) is 5.47. The molecule has 8 heteroatoms. The Morgan fingerprint density at radius 3 is 2.48 bits per heavy atom. The number of ketones is 1. The highest BCUT2D eigenvalue weighted by Crippen LogP contribution is 2.13. The zero-order valence-corrected chi connectivity index (χ0v) is 14.4. The number of esters is 1. The number of nitro benzene ring substituents is 1. The molecule has 0 unspecified atom stereocenters. The lowest BCUT2D eigenvalue weighted by Gasteiger charge is -2.06. The number of hydrogen-bond acceptors (Lipinski definition) is 6. The van der Waals surface area contributed by atoms with Crippen LogP contribution in [0.2, 0.25) is 0 Å². The molecule has 138 valence electrons. The third-order valence-corrected chi connectivity index (χ3v) is 3.41. The summed E-state index contributed by atoms with van der Waals surface area (Å²) in [6.07, 6.45) is 2.53. The molecule has 1 N–H and O–H groups in total. The molecular formula is C19H16N2O6. The van der Waals surface area contributed by atoms with Crippen molar-refractivity contribution in [3.8, 4) is 0 Å². The fourth-order valence-corrected chi connectivity index (χ4v) is 2.07. The Hall–Kier alpha value is -3.81. The van der Waals surface area contributed by atoms with Crippen LogP contribution >= 0.6 is 0 Å². The van der Waals surface area contributed by atoms with Crippen LogP contribution in [0.3, 0.4) is 0 Å². The predicted molar refractivity (Wildman–Crippen MR) is 98.2 cm³/mol. The number of amides is 1. The molecule has 0 heterocycles. The first-order valence-corrected chi connectivity index (χ1v) is 7.85. The lowest BCUT2D eigenvalue weighted by atomic mass is 10.1. The predicted octanol–water partition coefficient (Wildman–Crippen LogP) is 2.99. The quantitative estimate of drug-likeness (QED) is 0.264. The summed E-state index contributed by atoms with van der Waals surface area (Å²) in [6.45, 7) is 0.924. The van der Waals surface area contributed by atoms with Crippen LogP contribution in [0.4, 0.5) is 11.4 Å². The highest BCUT2D eigenvalue weighted by atomic mass is 16.6. The first kappa shape index (κ1) is 19.5. The molecule has 0 saturated carbocycles. The molecule has 0 aromatic heterocycles. The van der Waals surface area contributed by atoms with E-state index < -0.39 is 23.4 Å². The van der Waals surface area contributed by atoms with Gasteiger partial charge >= 0.3 is 5.97 Å². The molecule has 0 atom stereocenters. The molecule has 0 bridgehead atoms. The molecule has 0 fully saturated rings. The molecule has 0 spiro atoms. The summed E-state index contributed by atoms with van der Waals surface area (Å²) < 4.78 is 4.82. The zero-order chi connectivity index (χ0) is 19.8. The van der Waals surface area contributed by atoms with Crippen LogP contribution in [0, 0.1) is 10.1 Å². The standard InChI is InChI=1S/C19H16N2O6/c1-13(22)15-3-2-4-16(11-15)20-18(23)12-27-19(24)10-7-14-5-8-17(9-6-14)21(25)26/h2-11H,12H2,1H3,(H,20,23)/b10-7+. The summed E-state index contributed by atoms with van der Waals surface area (Å²) in [4.78, 5) is 44.8. The van der Waals surface area contributed by atoms with Crippen LogP contribution in [-0.2, 0) is 14.3 Å². The molecule has 1 amide bonds. The monoisotopic (exact) mass is 368 g/mol. The van der Waals surface area contributed by atoms with Crippen molar-refractivity contribution in [3.63, 3.8) is 0 Å². The summed E-state index contributed by atoms with van der Waals surface area (Å²) in [5, 5.41) is 13.1. The summed E-state index contributed by atoms with van der Waals surface area (Å²) in [5.74, 6) is -1.41. The van der Waals surface area contributed by atoms with Gasteiger partial charge in [0.2, 0.25) is 0 Å². The van der Waals surface area contributed by atoms with Gasteiger partial charge in [-0.2, -0.15) is 0 Å². The number of nitrogens with zero attached hydrogens (tertiary/aromatic N) is 1. The van der Waals surface area contributed by atoms with Crippen molar-refractivity contribution < 1.29 is 24.0 Å². The summed E-state index contributed by atoms with van der Waals surface area (Å²) in [6, 6.07) is 12.0. The van der Waals surface area contributed by atoms with Gasteiger partial charge in [0.05, 0.1) is 4.92 Å². The average Bonchev–Trinajstić information content (AvgIpc) is 2.65. The van der Waals surface area contributed by atoms with Crippen LogP contribution in [-0.4, -0.2) is 29.2 Å². The zero-order valence-electron chi connectivity index (χ0n) is 14.4. The number of carbonyl (C=O) groups is 3. The van der Waals surface area contributed by atoms with E-state index in [1.807, 2.05) is 0 Å². The number of hydrogen-bond donors (Lipinski definition) is 1. The Bertz CT molecular complexity index is 903. The van der Waals surface area contributed by atoms with Gasteiger partial charge in [0.15, 0.2) is 12.4 Å². The molecule has 2 rings (SSSR count). The molecule has 2 aromatic rings. The lowest BCUT2D eigenvalue weighted by Crippen LogP contribution is -2.20. The van der Waals surface area contributed by atoms with Crippen LogP contribution < -0.4 is 5.32 Å². The van der Waals surface area contributed by atoms with E-state index in [-0.39, 0.29) is 11.5 Å². The van der Waals surface area contributed by atoms with Crippen molar-refractivity contribution in [1.82, 2.24) is 0 Å². The highest BCUT2D eigenvalue weighted by molar-refractivity contribution is 5.98. The SMILES string of the molecule is CC(=O)c1cccc(NC(=O)COC(=O)/C=C/c2ccc([N+](=O)[O-])cc2)c1. The van der Waals surface area contributed by atoms with Gasteiger partial charge in [0.25, 0.3) is 11.6 Å². The van der Waals surface area contributed by atoms with Gasteiger partial charge in [-0.15, -0.1) is 0 Å². The van der Waals surface area contributed by atoms with E-state index in [0.717, 1.165) is 6.08 Å². The van der Waals surface area contributed by atoms with E-state index >= 15 is 0 Å². The maximum atomic E-state index is 11.8. The van der Waals surface area contributed by atoms with Gasteiger partial charge < -0.3 is 10.1 Å². The first-order chi connectivity index (χ1) is 12.8. The van der Waals surface area contributed by atoms with Crippen LogP contribution in [0.15, 0.2) is 54.6 Å².